The third-order valence-electron chi connectivity index (χ3n) is 5.49. The molecule has 1 aromatic rings. The van der Waals surface area contributed by atoms with Gasteiger partial charge in [-0.3, -0.25) is 9.69 Å². The molecule has 0 radical (unpaired) electrons. The van der Waals surface area contributed by atoms with E-state index in [1.54, 1.807) is 0 Å². The lowest BCUT2D eigenvalue weighted by Gasteiger charge is -2.40. The summed E-state index contributed by atoms with van der Waals surface area (Å²) in [6.45, 7) is 8.58. The number of nitrogens with zero attached hydrogens (tertiary/aromatic N) is 2. The molecule has 144 valence electrons. The Kier molecular flexibility index (Phi) is 6.78. The molecule has 0 N–H and O–H groups in total. The summed E-state index contributed by atoms with van der Waals surface area (Å²) in [7, 11) is 0. The van der Waals surface area contributed by atoms with E-state index in [1.165, 1.54) is 32.1 Å². The fourth-order valence-corrected chi connectivity index (χ4v) is 4.12. The van der Waals surface area contributed by atoms with E-state index in [9.17, 15) is 4.79 Å². The monoisotopic (exact) mass is 360 g/mol. The summed E-state index contributed by atoms with van der Waals surface area (Å²) in [6.07, 6.45) is 6.73. The Morgan fingerprint density at radius 2 is 1.69 bits per heavy atom. The fraction of sp³-hybridized carbons (Fsp3) is 0.667. The average Bonchev–Trinajstić information content (AvgIpc) is 2.69. The third-order valence-corrected chi connectivity index (χ3v) is 5.49. The van der Waals surface area contributed by atoms with Crippen molar-refractivity contribution in [1.82, 2.24) is 9.80 Å². The first-order valence-corrected chi connectivity index (χ1v) is 10.2. The SMILES string of the molecule is CCOc1ccc(C(=O)N2CCN(C3CCCCC3)CC2)c(OCC)c1. The summed E-state index contributed by atoms with van der Waals surface area (Å²) in [6, 6.07) is 6.26. The molecule has 1 heterocycles. The van der Waals surface area contributed by atoms with Crippen LogP contribution in [0.4, 0.5) is 0 Å². The van der Waals surface area contributed by atoms with Crippen molar-refractivity contribution in [3.8, 4) is 11.5 Å². The number of hydrogen-bond acceptors (Lipinski definition) is 4. The number of piperazine rings is 1. The number of benzene rings is 1. The number of carbonyl (C=O) groups is 1. The molecule has 0 bridgehead atoms. The normalized spacial score (nSPS) is 19.4. The fourth-order valence-electron chi connectivity index (χ4n) is 4.12. The van der Waals surface area contributed by atoms with Crippen molar-refractivity contribution in [1.29, 1.82) is 0 Å². The Morgan fingerprint density at radius 1 is 1.00 bits per heavy atom. The van der Waals surface area contributed by atoms with Crippen LogP contribution in [0.5, 0.6) is 11.5 Å². The van der Waals surface area contributed by atoms with E-state index < -0.39 is 0 Å². The smallest absolute Gasteiger partial charge is 0.257 e. The van der Waals surface area contributed by atoms with Gasteiger partial charge in [-0.2, -0.15) is 0 Å². The summed E-state index contributed by atoms with van der Waals surface area (Å²) in [5.41, 5.74) is 0.640. The van der Waals surface area contributed by atoms with Crippen molar-refractivity contribution < 1.29 is 14.3 Å². The Bertz CT molecular complexity index is 591. The quantitative estimate of drug-likeness (QED) is 0.778. The van der Waals surface area contributed by atoms with E-state index in [0.717, 1.165) is 38.0 Å². The van der Waals surface area contributed by atoms with Crippen LogP contribution < -0.4 is 9.47 Å². The van der Waals surface area contributed by atoms with Gasteiger partial charge in [-0.15, -0.1) is 0 Å². The third kappa shape index (κ3) is 4.50. The van der Waals surface area contributed by atoms with Crippen molar-refractivity contribution in [3.63, 3.8) is 0 Å². The second-order valence-electron chi connectivity index (χ2n) is 7.14. The lowest BCUT2D eigenvalue weighted by molar-refractivity contribution is 0.0520. The van der Waals surface area contributed by atoms with Crippen LogP contribution in [0.25, 0.3) is 0 Å². The zero-order chi connectivity index (χ0) is 18.4. The molecule has 0 atom stereocenters. The summed E-state index contributed by atoms with van der Waals surface area (Å²) < 4.78 is 11.3. The first-order chi connectivity index (χ1) is 12.7. The number of hydrogen-bond donors (Lipinski definition) is 0. The summed E-state index contributed by atoms with van der Waals surface area (Å²) in [5.74, 6) is 1.44. The zero-order valence-electron chi connectivity index (χ0n) is 16.2. The Hall–Kier alpha value is -1.75. The van der Waals surface area contributed by atoms with E-state index in [-0.39, 0.29) is 5.91 Å². The maximum Gasteiger partial charge on any atom is 0.257 e. The largest absolute Gasteiger partial charge is 0.494 e. The highest BCUT2D eigenvalue weighted by molar-refractivity contribution is 5.97. The zero-order valence-corrected chi connectivity index (χ0v) is 16.2. The van der Waals surface area contributed by atoms with Crippen molar-refractivity contribution in [2.75, 3.05) is 39.4 Å². The average molecular weight is 360 g/mol. The van der Waals surface area contributed by atoms with Crippen LogP contribution in [0, 0.1) is 0 Å². The van der Waals surface area contributed by atoms with Gasteiger partial charge in [0, 0.05) is 38.3 Å². The second kappa shape index (κ2) is 9.26. The predicted octanol–water partition coefficient (Wildman–Crippen LogP) is 3.57. The topological polar surface area (TPSA) is 42.0 Å². The first-order valence-electron chi connectivity index (χ1n) is 10.2. The lowest BCUT2D eigenvalue weighted by atomic mass is 9.94. The molecule has 1 saturated heterocycles. The lowest BCUT2D eigenvalue weighted by Crippen LogP contribution is -2.52. The number of carbonyl (C=O) groups excluding carboxylic acids is 1. The molecule has 0 aromatic heterocycles. The van der Waals surface area contributed by atoms with Gasteiger partial charge in [0.2, 0.25) is 0 Å². The highest BCUT2D eigenvalue weighted by Gasteiger charge is 2.28. The van der Waals surface area contributed by atoms with E-state index >= 15 is 0 Å². The van der Waals surface area contributed by atoms with Crippen molar-refractivity contribution in [2.24, 2.45) is 0 Å². The van der Waals surface area contributed by atoms with Crippen molar-refractivity contribution >= 4 is 5.91 Å². The minimum absolute atomic E-state index is 0.0693. The molecule has 1 amide bonds. The van der Waals surface area contributed by atoms with Crippen molar-refractivity contribution in [3.05, 3.63) is 23.8 Å². The van der Waals surface area contributed by atoms with Crippen LogP contribution in [0.1, 0.15) is 56.3 Å². The molecular weight excluding hydrogens is 328 g/mol. The van der Waals surface area contributed by atoms with Gasteiger partial charge in [-0.05, 0) is 38.8 Å². The number of ether oxygens (including phenoxy) is 2. The van der Waals surface area contributed by atoms with Crippen LogP contribution in [-0.2, 0) is 0 Å². The maximum atomic E-state index is 13.0. The molecule has 0 unspecified atom stereocenters. The molecule has 1 saturated carbocycles. The molecule has 2 fully saturated rings. The minimum atomic E-state index is 0.0693. The number of rotatable bonds is 6. The second-order valence-corrected chi connectivity index (χ2v) is 7.14. The molecule has 0 spiro atoms. The molecule has 2 aliphatic rings. The van der Waals surface area contributed by atoms with Gasteiger partial charge >= 0.3 is 0 Å². The Balaban J connectivity index is 1.64. The van der Waals surface area contributed by atoms with Gasteiger partial charge in [-0.25, -0.2) is 0 Å². The van der Waals surface area contributed by atoms with Crippen LogP contribution >= 0.6 is 0 Å². The van der Waals surface area contributed by atoms with E-state index in [2.05, 4.69) is 4.90 Å². The van der Waals surface area contributed by atoms with Gasteiger partial charge in [0.05, 0.1) is 18.8 Å². The van der Waals surface area contributed by atoms with Gasteiger partial charge in [0.25, 0.3) is 5.91 Å². The maximum absolute atomic E-state index is 13.0. The summed E-state index contributed by atoms with van der Waals surface area (Å²) >= 11 is 0. The Labute approximate surface area is 157 Å². The highest BCUT2D eigenvalue weighted by atomic mass is 16.5. The summed E-state index contributed by atoms with van der Waals surface area (Å²) in [5, 5.41) is 0. The van der Waals surface area contributed by atoms with Gasteiger partial charge < -0.3 is 14.4 Å². The van der Waals surface area contributed by atoms with Gasteiger partial charge in [-0.1, -0.05) is 19.3 Å². The molecule has 5 heteroatoms. The number of amides is 1. The first kappa shape index (κ1) is 19.0. The summed E-state index contributed by atoms with van der Waals surface area (Å²) in [4.78, 5) is 17.6. The standard InChI is InChI=1S/C21H32N2O3/c1-3-25-18-10-11-19(20(16-18)26-4-2)21(24)23-14-12-22(13-15-23)17-8-6-5-7-9-17/h10-11,16-17H,3-9,12-15H2,1-2H3. The van der Waals surface area contributed by atoms with E-state index in [1.807, 2.05) is 36.9 Å². The molecule has 3 rings (SSSR count). The van der Waals surface area contributed by atoms with Crippen LogP contribution in [0.2, 0.25) is 0 Å². The minimum Gasteiger partial charge on any atom is -0.494 e. The van der Waals surface area contributed by atoms with Gasteiger partial charge in [0.1, 0.15) is 11.5 Å². The molecule has 1 aliphatic carbocycles. The highest BCUT2D eigenvalue weighted by Crippen LogP contribution is 2.28. The van der Waals surface area contributed by atoms with Gasteiger partial charge in [0.15, 0.2) is 0 Å². The van der Waals surface area contributed by atoms with E-state index in [0.29, 0.717) is 24.5 Å². The molecule has 26 heavy (non-hydrogen) atoms. The van der Waals surface area contributed by atoms with Crippen LogP contribution in [0.15, 0.2) is 18.2 Å². The van der Waals surface area contributed by atoms with Crippen molar-refractivity contribution in [2.45, 2.75) is 52.0 Å². The molecular formula is C21H32N2O3. The molecule has 5 nitrogen and oxygen atoms in total. The van der Waals surface area contributed by atoms with Crippen LogP contribution in [-0.4, -0.2) is 61.1 Å². The molecule has 1 aliphatic heterocycles. The Morgan fingerprint density at radius 3 is 2.35 bits per heavy atom. The van der Waals surface area contributed by atoms with Crippen LogP contribution in [0.3, 0.4) is 0 Å². The molecule has 1 aromatic carbocycles. The predicted molar refractivity (Wildman–Crippen MR) is 103 cm³/mol. The van der Waals surface area contributed by atoms with E-state index in [4.69, 9.17) is 9.47 Å².